The highest BCUT2D eigenvalue weighted by molar-refractivity contribution is 8.19. The number of methoxy groups -OCH3 is 2. The zero-order valence-electron chi connectivity index (χ0n) is 17.1. The number of hydrogen-bond donors (Lipinski definition) is 0. The second kappa shape index (κ2) is 8.93. The van der Waals surface area contributed by atoms with Crippen LogP contribution in [0.15, 0.2) is 56.7 Å². The van der Waals surface area contributed by atoms with Crippen LogP contribution < -0.4 is 9.47 Å². The molecule has 1 aliphatic rings. The summed E-state index contributed by atoms with van der Waals surface area (Å²) >= 11 is 1.02. The molecule has 0 aliphatic carbocycles. The lowest BCUT2D eigenvalue weighted by Crippen LogP contribution is -2.29. The van der Waals surface area contributed by atoms with Crippen molar-refractivity contribution in [3.8, 4) is 11.5 Å². The Bertz CT molecular complexity index is 1120. The van der Waals surface area contributed by atoms with Gasteiger partial charge in [-0.2, -0.15) is 8.42 Å². The van der Waals surface area contributed by atoms with Gasteiger partial charge in [0, 0.05) is 18.2 Å². The summed E-state index contributed by atoms with van der Waals surface area (Å²) in [7, 11) is -0.857. The Labute approximate surface area is 180 Å². The van der Waals surface area contributed by atoms with E-state index in [4.69, 9.17) is 9.47 Å². The van der Waals surface area contributed by atoms with E-state index >= 15 is 0 Å². The minimum Gasteiger partial charge on any atom is -0.497 e. The van der Waals surface area contributed by atoms with E-state index in [1.54, 1.807) is 50.4 Å². The summed E-state index contributed by atoms with van der Waals surface area (Å²) in [6, 6.07) is 11.7. The highest BCUT2D eigenvalue weighted by Crippen LogP contribution is 2.36. The summed E-state index contributed by atoms with van der Waals surface area (Å²) in [5, 5.41) is 0.127. The smallest absolute Gasteiger partial charge is 0.284 e. The third kappa shape index (κ3) is 4.52. The quantitative estimate of drug-likeness (QED) is 0.629. The van der Waals surface area contributed by atoms with Crippen molar-refractivity contribution in [1.29, 1.82) is 0 Å². The highest BCUT2D eigenvalue weighted by atomic mass is 32.2. The second-order valence-corrected chi connectivity index (χ2v) is 9.04. The summed E-state index contributed by atoms with van der Waals surface area (Å²) in [6.45, 7) is 3.94. The van der Waals surface area contributed by atoms with Gasteiger partial charge in [-0.15, -0.1) is 4.40 Å². The zero-order chi connectivity index (χ0) is 21.9. The number of carbonyl (C=O) groups is 1. The first-order valence-corrected chi connectivity index (χ1v) is 11.4. The van der Waals surface area contributed by atoms with E-state index in [9.17, 15) is 13.2 Å². The first-order valence-electron chi connectivity index (χ1n) is 9.14. The molecule has 2 aromatic carbocycles. The lowest BCUT2D eigenvalue weighted by molar-refractivity contribution is -0.122. The molecule has 0 saturated carbocycles. The van der Waals surface area contributed by atoms with Gasteiger partial charge in [0.1, 0.15) is 11.5 Å². The van der Waals surface area contributed by atoms with Crippen LogP contribution in [0.25, 0.3) is 6.08 Å². The van der Waals surface area contributed by atoms with Crippen LogP contribution in [-0.4, -0.2) is 45.2 Å². The molecule has 158 valence electrons. The number of thioether (sulfide) groups is 1. The van der Waals surface area contributed by atoms with Crippen molar-refractivity contribution in [3.63, 3.8) is 0 Å². The molecule has 9 heteroatoms. The topological polar surface area (TPSA) is 85.3 Å². The van der Waals surface area contributed by atoms with Gasteiger partial charge in [0.25, 0.3) is 15.9 Å². The molecule has 0 N–H and O–H groups in total. The molecule has 0 aromatic heterocycles. The number of rotatable bonds is 6. The molecule has 1 amide bonds. The van der Waals surface area contributed by atoms with Crippen molar-refractivity contribution < 1.29 is 22.7 Å². The second-order valence-electron chi connectivity index (χ2n) is 6.43. The van der Waals surface area contributed by atoms with E-state index in [0.29, 0.717) is 28.5 Å². The zero-order valence-corrected chi connectivity index (χ0v) is 18.7. The van der Waals surface area contributed by atoms with Crippen LogP contribution in [-0.2, 0) is 14.8 Å². The van der Waals surface area contributed by atoms with E-state index < -0.39 is 10.0 Å². The molecular formula is C21H22N2O5S2. The fraction of sp³-hybridized carbons (Fsp3) is 0.238. The van der Waals surface area contributed by atoms with Gasteiger partial charge >= 0.3 is 0 Å². The summed E-state index contributed by atoms with van der Waals surface area (Å²) in [5.74, 6) is 0.857. The molecule has 0 atom stereocenters. The molecule has 30 heavy (non-hydrogen) atoms. The van der Waals surface area contributed by atoms with Gasteiger partial charge in [-0.1, -0.05) is 17.7 Å². The molecule has 1 aliphatic heterocycles. The highest BCUT2D eigenvalue weighted by Gasteiger charge is 2.34. The first-order chi connectivity index (χ1) is 14.3. The maximum atomic E-state index is 12.8. The van der Waals surface area contributed by atoms with Crippen molar-refractivity contribution in [3.05, 3.63) is 58.5 Å². The Hall–Kier alpha value is -2.78. The molecule has 0 spiro atoms. The Morgan fingerprint density at radius 1 is 1.10 bits per heavy atom. The van der Waals surface area contributed by atoms with Crippen LogP contribution in [0, 0.1) is 6.92 Å². The van der Waals surface area contributed by atoms with Crippen molar-refractivity contribution in [1.82, 2.24) is 4.90 Å². The van der Waals surface area contributed by atoms with Gasteiger partial charge in [-0.05, 0) is 56.0 Å². The number of amides is 1. The van der Waals surface area contributed by atoms with E-state index in [2.05, 4.69) is 4.40 Å². The maximum Gasteiger partial charge on any atom is 0.284 e. The summed E-state index contributed by atoms with van der Waals surface area (Å²) < 4.78 is 39.9. The summed E-state index contributed by atoms with van der Waals surface area (Å²) in [6.07, 6.45) is 1.66. The van der Waals surface area contributed by atoms with E-state index in [-0.39, 0.29) is 16.0 Å². The predicted octanol–water partition coefficient (Wildman–Crippen LogP) is 3.69. The maximum absolute atomic E-state index is 12.8. The third-order valence-corrected chi connectivity index (χ3v) is 6.85. The molecule has 1 saturated heterocycles. The molecule has 7 nitrogen and oxygen atoms in total. The number of carbonyl (C=O) groups excluding carboxylic acids is 1. The number of sulfonamides is 1. The number of amidine groups is 1. The van der Waals surface area contributed by atoms with Gasteiger partial charge in [0.2, 0.25) is 0 Å². The van der Waals surface area contributed by atoms with Crippen molar-refractivity contribution in [2.45, 2.75) is 18.7 Å². The fourth-order valence-electron chi connectivity index (χ4n) is 2.80. The van der Waals surface area contributed by atoms with Crippen molar-refractivity contribution in [2.75, 3.05) is 20.8 Å². The van der Waals surface area contributed by atoms with E-state index in [1.807, 2.05) is 6.92 Å². The SMILES string of the molecule is CCN1C(=O)/C(=C/c2ccc(OC)cc2OC)S/C1=N\S(=O)(=O)c1ccc(C)cc1. The Balaban J connectivity index is 1.98. The lowest BCUT2D eigenvalue weighted by atomic mass is 10.1. The van der Waals surface area contributed by atoms with Gasteiger partial charge in [0.05, 0.1) is 24.0 Å². The number of likely N-dealkylation sites (N-methyl/N-ethyl adjacent to an activating group) is 1. The fourth-order valence-corrected chi connectivity index (χ4v) is 5.03. The van der Waals surface area contributed by atoms with Crippen LogP contribution in [0.4, 0.5) is 0 Å². The average Bonchev–Trinajstić information content (AvgIpc) is 3.01. The van der Waals surface area contributed by atoms with Crippen molar-refractivity contribution in [2.24, 2.45) is 4.40 Å². The molecule has 0 bridgehead atoms. The van der Waals surface area contributed by atoms with Gasteiger partial charge in [0.15, 0.2) is 5.17 Å². The molecule has 2 aromatic rings. The summed E-state index contributed by atoms with van der Waals surface area (Å²) in [4.78, 5) is 14.6. The summed E-state index contributed by atoms with van der Waals surface area (Å²) in [5.41, 5.74) is 1.62. The standard InChI is InChI=1S/C21H22N2O5S2/c1-5-23-20(24)19(12-15-8-9-16(27-3)13-18(15)28-4)29-21(23)22-30(25,26)17-10-6-14(2)7-11-17/h6-13H,5H2,1-4H3/b19-12-,22-21-. The third-order valence-electron chi connectivity index (χ3n) is 4.45. The molecule has 3 rings (SSSR count). The number of benzene rings is 2. The number of ether oxygens (including phenoxy) is 2. The molecular weight excluding hydrogens is 424 g/mol. The Kier molecular flexibility index (Phi) is 6.52. The molecule has 1 heterocycles. The molecule has 0 unspecified atom stereocenters. The van der Waals surface area contributed by atoms with E-state index in [1.165, 1.54) is 24.1 Å². The Morgan fingerprint density at radius 2 is 1.80 bits per heavy atom. The van der Waals surface area contributed by atoms with Crippen LogP contribution >= 0.6 is 11.8 Å². The van der Waals surface area contributed by atoms with Crippen LogP contribution in [0.3, 0.4) is 0 Å². The number of nitrogens with zero attached hydrogens (tertiary/aromatic N) is 2. The average molecular weight is 447 g/mol. The van der Waals surface area contributed by atoms with Crippen LogP contribution in [0.1, 0.15) is 18.1 Å². The first kappa shape index (κ1) is 21.9. The minimum absolute atomic E-state index is 0.0824. The predicted molar refractivity (Wildman–Crippen MR) is 118 cm³/mol. The van der Waals surface area contributed by atoms with Crippen LogP contribution in [0.2, 0.25) is 0 Å². The van der Waals surface area contributed by atoms with Gasteiger partial charge in [-0.25, -0.2) is 0 Å². The van der Waals surface area contributed by atoms with Crippen molar-refractivity contribution >= 4 is 38.9 Å². The number of aryl methyl sites for hydroxylation is 1. The molecule has 1 fully saturated rings. The lowest BCUT2D eigenvalue weighted by Gasteiger charge is -2.12. The normalized spacial score (nSPS) is 17.1. The number of hydrogen-bond acceptors (Lipinski definition) is 6. The van der Waals surface area contributed by atoms with Crippen LogP contribution in [0.5, 0.6) is 11.5 Å². The van der Waals surface area contributed by atoms with E-state index in [0.717, 1.165) is 17.3 Å². The monoisotopic (exact) mass is 446 g/mol. The van der Waals surface area contributed by atoms with Gasteiger partial charge in [-0.3, -0.25) is 9.69 Å². The van der Waals surface area contributed by atoms with Gasteiger partial charge < -0.3 is 9.47 Å². The Morgan fingerprint density at radius 3 is 2.40 bits per heavy atom. The largest absolute Gasteiger partial charge is 0.497 e. The minimum atomic E-state index is -3.94. The molecule has 0 radical (unpaired) electrons.